The molecular weight excluding hydrogens is 258 g/mol. The molecule has 0 radical (unpaired) electrons. The topological polar surface area (TPSA) is 40.5 Å². The van der Waals surface area contributed by atoms with Crippen LogP contribution in [0.3, 0.4) is 0 Å². The van der Waals surface area contributed by atoms with E-state index in [1.165, 1.54) is 12.8 Å². The second-order valence-corrected chi connectivity index (χ2v) is 5.74. The van der Waals surface area contributed by atoms with Crippen LogP contribution in [-0.2, 0) is 11.3 Å². The van der Waals surface area contributed by atoms with Crippen LogP contribution in [0.25, 0.3) is 0 Å². The van der Waals surface area contributed by atoms with Gasteiger partial charge in [-0.2, -0.15) is 0 Å². The van der Waals surface area contributed by atoms with Gasteiger partial charge in [0.2, 0.25) is 5.91 Å². The summed E-state index contributed by atoms with van der Waals surface area (Å²) in [4.78, 5) is 15.1. The lowest BCUT2D eigenvalue weighted by atomic mass is 10.1. The highest BCUT2D eigenvalue weighted by Gasteiger charge is 2.16. The summed E-state index contributed by atoms with van der Waals surface area (Å²) in [5.41, 5.74) is 0.925. The van der Waals surface area contributed by atoms with E-state index >= 15 is 0 Å². The molecule has 1 aliphatic rings. The molecule has 1 aromatic heterocycles. The minimum absolute atomic E-state index is 0.115. The molecule has 0 aliphatic carbocycles. The minimum Gasteiger partial charge on any atom is -0.384 e. The first kappa shape index (κ1) is 14.1. The monoisotopic (exact) mass is 277 g/mol. The molecule has 2 rings (SSSR count). The first-order valence-electron chi connectivity index (χ1n) is 6.74. The van der Waals surface area contributed by atoms with E-state index in [9.17, 15) is 4.79 Å². The van der Waals surface area contributed by atoms with Crippen LogP contribution in [0.1, 0.15) is 42.5 Å². The van der Waals surface area contributed by atoms with E-state index in [0.717, 1.165) is 29.8 Å². The third kappa shape index (κ3) is 4.38. The minimum atomic E-state index is -0.115. The number of aliphatic hydroxyl groups is 1. The number of hydrogen-bond acceptors (Lipinski definition) is 3. The number of rotatable bonds is 2. The van der Waals surface area contributed by atoms with Crippen molar-refractivity contribution in [2.45, 2.75) is 38.6 Å². The maximum atomic E-state index is 12.0. The molecule has 0 aromatic carbocycles. The van der Waals surface area contributed by atoms with Crippen molar-refractivity contribution >= 4 is 17.2 Å². The van der Waals surface area contributed by atoms with E-state index in [1.54, 1.807) is 11.3 Å². The van der Waals surface area contributed by atoms with Crippen molar-refractivity contribution in [2.24, 2.45) is 0 Å². The Morgan fingerprint density at radius 3 is 3.00 bits per heavy atom. The molecule has 19 heavy (non-hydrogen) atoms. The first-order chi connectivity index (χ1) is 9.29. The largest absolute Gasteiger partial charge is 0.384 e. The second-order valence-electron chi connectivity index (χ2n) is 4.74. The average Bonchev–Trinajstić information content (AvgIpc) is 2.84. The Labute approximate surface area is 118 Å². The van der Waals surface area contributed by atoms with Crippen LogP contribution in [0.5, 0.6) is 0 Å². The molecule has 1 saturated heterocycles. The molecule has 1 aromatic rings. The van der Waals surface area contributed by atoms with Gasteiger partial charge in [-0.05, 0) is 18.9 Å². The van der Waals surface area contributed by atoms with Gasteiger partial charge in [0.25, 0.3) is 0 Å². The van der Waals surface area contributed by atoms with Crippen LogP contribution in [-0.4, -0.2) is 29.1 Å². The maximum Gasteiger partial charge on any atom is 0.222 e. The van der Waals surface area contributed by atoms with Crippen molar-refractivity contribution in [1.29, 1.82) is 0 Å². The van der Waals surface area contributed by atoms with Crippen LogP contribution in [0.4, 0.5) is 0 Å². The molecule has 0 saturated carbocycles. The van der Waals surface area contributed by atoms with Gasteiger partial charge in [-0.3, -0.25) is 4.79 Å². The van der Waals surface area contributed by atoms with Crippen LogP contribution in [0.2, 0.25) is 0 Å². The molecule has 1 N–H and O–H groups in total. The summed E-state index contributed by atoms with van der Waals surface area (Å²) in [7, 11) is 0. The van der Waals surface area contributed by atoms with Crippen molar-refractivity contribution in [2.75, 3.05) is 13.2 Å². The molecule has 3 nitrogen and oxygen atoms in total. The SMILES string of the molecule is O=C1CCCCCCN1Cc1cc(C#CCO)cs1. The average molecular weight is 277 g/mol. The predicted octanol–water partition coefficient (Wildman–Crippen LogP) is 2.38. The molecule has 2 heterocycles. The van der Waals surface area contributed by atoms with Gasteiger partial charge in [0.1, 0.15) is 6.61 Å². The lowest BCUT2D eigenvalue weighted by Gasteiger charge is -2.24. The van der Waals surface area contributed by atoms with Gasteiger partial charge in [0, 0.05) is 28.8 Å². The highest BCUT2D eigenvalue weighted by Crippen LogP contribution is 2.19. The molecule has 1 fully saturated rings. The van der Waals surface area contributed by atoms with Gasteiger partial charge < -0.3 is 10.0 Å². The Balaban J connectivity index is 1.98. The zero-order valence-electron chi connectivity index (χ0n) is 11.0. The zero-order valence-corrected chi connectivity index (χ0v) is 11.8. The van der Waals surface area contributed by atoms with E-state index < -0.39 is 0 Å². The van der Waals surface area contributed by atoms with Crippen LogP contribution in [0, 0.1) is 11.8 Å². The molecule has 0 atom stereocenters. The van der Waals surface area contributed by atoms with Crippen molar-refractivity contribution in [3.63, 3.8) is 0 Å². The van der Waals surface area contributed by atoms with Crippen molar-refractivity contribution < 1.29 is 9.90 Å². The quantitative estimate of drug-likeness (QED) is 0.843. The highest BCUT2D eigenvalue weighted by molar-refractivity contribution is 7.10. The standard InChI is InChI=1S/C15H19NO2S/c17-9-5-6-13-10-14(19-12-13)11-16-8-4-2-1-3-7-15(16)18/h10,12,17H,1-4,7-9,11H2. The van der Waals surface area contributed by atoms with Crippen molar-refractivity contribution in [3.05, 3.63) is 21.9 Å². The fourth-order valence-corrected chi connectivity index (χ4v) is 3.07. The van der Waals surface area contributed by atoms with Gasteiger partial charge in [-0.1, -0.05) is 24.7 Å². The lowest BCUT2D eigenvalue weighted by molar-refractivity contribution is -0.132. The summed E-state index contributed by atoms with van der Waals surface area (Å²) in [6.45, 7) is 1.45. The number of nitrogens with zero attached hydrogens (tertiary/aromatic N) is 1. The fraction of sp³-hybridized carbons (Fsp3) is 0.533. The summed E-state index contributed by atoms with van der Waals surface area (Å²) in [6.07, 6.45) is 5.21. The van der Waals surface area contributed by atoms with E-state index in [-0.39, 0.29) is 12.5 Å². The predicted molar refractivity (Wildman–Crippen MR) is 76.8 cm³/mol. The Kier molecular flexibility index (Phi) is 5.44. The van der Waals surface area contributed by atoms with Crippen LogP contribution < -0.4 is 0 Å². The van der Waals surface area contributed by atoms with E-state index in [4.69, 9.17) is 5.11 Å². The molecular formula is C15H19NO2S. The Bertz CT molecular complexity index is 484. The number of thiophene rings is 1. The van der Waals surface area contributed by atoms with E-state index in [2.05, 4.69) is 11.8 Å². The molecule has 0 unspecified atom stereocenters. The number of likely N-dealkylation sites (tertiary alicyclic amines) is 1. The summed E-state index contributed by atoms with van der Waals surface area (Å²) >= 11 is 1.63. The van der Waals surface area contributed by atoms with Crippen molar-refractivity contribution in [3.8, 4) is 11.8 Å². The first-order valence-corrected chi connectivity index (χ1v) is 7.62. The summed E-state index contributed by atoms with van der Waals surface area (Å²) < 4.78 is 0. The smallest absolute Gasteiger partial charge is 0.222 e. The number of amides is 1. The molecule has 1 amide bonds. The van der Waals surface area contributed by atoms with E-state index in [1.807, 2.05) is 16.3 Å². The van der Waals surface area contributed by atoms with Crippen LogP contribution in [0.15, 0.2) is 11.4 Å². The third-order valence-electron chi connectivity index (χ3n) is 3.23. The molecule has 0 bridgehead atoms. The van der Waals surface area contributed by atoms with Gasteiger partial charge in [0.05, 0.1) is 6.54 Å². The van der Waals surface area contributed by atoms with Gasteiger partial charge in [-0.15, -0.1) is 11.3 Å². The number of carbonyl (C=O) groups excluding carboxylic acids is 1. The van der Waals surface area contributed by atoms with Gasteiger partial charge >= 0.3 is 0 Å². The van der Waals surface area contributed by atoms with E-state index in [0.29, 0.717) is 13.0 Å². The maximum absolute atomic E-state index is 12.0. The highest BCUT2D eigenvalue weighted by atomic mass is 32.1. The molecule has 4 heteroatoms. The van der Waals surface area contributed by atoms with Crippen molar-refractivity contribution in [1.82, 2.24) is 4.90 Å². The molecule has 1 aliphatic heterocycles. The molecule has 102 valence electrons. The summed E-state index contributed by atoms with van der Waals surface area (Å²) in [5, 5.41) is 10.6. The van der Waals surface area contributed by atoms with Gasteiger partial charge in [-0.25, -0.2) is 0 Å². The van der Waals surface area contributed by atoms with Crippen LogP contribution >= 0.6 is 11.3 Å². The fourth-order valence-electron chi connectivity index (χ4n) is 2.24. The summed E-state index contributed by atoms with van der Waals surface area (Å²) in [5.74, 6) is 5.81. The Morgan fingerprint density at radius 2 is 2.16 bits per heavy atom. The molecule has 0 spiro atoms. The lowest BCUT2D eigenvalue weighted by Crippen LogP contribution is -2.32. The zero-order chi connectivity index (χ0) is 13.5. The second kappa shape index (κ2) is 7.32. The number of carbonyl (C=O) groups is 1. The Morgan fingerprint density at radius 1 is 1.32 bits per heavy atom. The van der Waals surface area contributed by atoms with Gasteiger partial charge in [0.15, 0.2) is 0 Å². The normalized spacial score (nSPS) is 16.5. The summed E-state index contributed by atoms with van der Waals surface area (Å²) in [6, 6.07) is 2.01. The number of aliphatic hydroxyl groups excluding tert-OH is 1. The Hall–Kier alpha value is -1.31. The number of hydrogen-bond donors (Lipinski definition) is 1. The third-order valence-corrected chi connectivity index (χ3v) is 4.16.